The summed E-state index contributed by atoms with van der Waals surface area (Å²) in [7, 11) is 0. The van der Waals surface area contributed by atoms with Crippen LogP contribution in [0.3, 0.4) is 0 Å². The largest absolute Gasteiger partial charge is 0.412 e. The van der Waals surface area contributed by atoms with Gasteiger partial charge in [-0.05, 0) is 0 Å². The van der Waals surface area contributed by atoms with Crippen LogP contribution in [0.25, 0.3) is 0 Å². The van der Waals surface area contributed by atoms with Crippen LogP contribution in [0.4, 0.5) is 0 Å². The van der Waals surface area contributed by atoms with Crippen LogP contribution in [0.5, 0.6) is 0 Å². The number of hydrogen-bond acceptors (Lipinski definition) is 0. The number of halogens is 4. The van der Waals surface area contributed by atoms with Crippen LogP contribution in [-0.4, -0.2) is 5.48 Å². The molecule has 0 fully saturated rings. The molecule has 0 atom stereocenters. The third kappa shape index (κ3) is 41.1. The second-order valence-corrected chi connectivity index (χ2v) is 0. The second kappa shape index (κ2) is 70.2. The van der Waals surface area contributed by atoms with E-state index in [0.29, 0.717) is 0 Å². The summed E-state index contributed by atoms with van der Waals surface area (Å²) in [6, 6.07) is 0. The van der Waals surface area contributed by atoms with Gasteiger partial charge in [0.05, 0.1) is 0 Å². The van der Waals surface area contributed by atoms with E-state index in [2.05, 4.69) is 0 Å². The summed E-state index contributed by atoms with van der Waals surface area (Å²) in [5.41, 5.74) is 0. The summed E-state index contributed by atoms with van der Waals surface area (Å²) in [5, 5.41) is 0. The van der Waals surface area contributed by atoms with E-state index in [9.17, 15) is 0 Å². The molecule has 0 bridgehead atoms. The van der Waals surface area contributed by atoms with Crippen LogP contribution < -0.4 is 0 Å². The Morgan fingerprint density at radius 3 is 0.500 bits per heavy atom. The van der Waals surface area contributed by atoms with E-state index in [-0.39, 0.29) is 76.2 Å². The minimum absolute atomic E-state index is 0. The fourth-order valence-corrected chi connectivity index (χ4v) is 0. The summed E-state index contributed by atoms with van der Waals surface area (Å²) >= 11 is 0. The van der Waals surface area contributed by atoms with Gasteiger partial charge in [0.1, 0.15) is 0 Å². The average Bonchev–Trinajstić information content (AvgIpc) is 0. The maximum Gasteiger partial charge on any atom is 0 e. The molecular formula is H6Cl4OW. The minimum atomic E-state index is 0. The Bertz CT molecular complexity index is 7.51. The van der Waals surface area contributed by atoms with E-state index in [4.69, 9.17) is 0 Å². The molecule has 0 unspecified atom stereocenters. The fraction of sp³-hybridized carbons (Fsp3) is 0. The van der Waals surface area contributed by atoms with Crippen molar-refractivity contribution in [2.24, 2.45) is 0 Å². The zero-order valence-electron chi connectivity index (χ0n) is 2.54. The van der Waals surface area contributed by atoms with Gasteiger partial charge < -0.3 is 5.48 Å². The van der Waals surface area contributed by atoms with Gasteiger partial charge in [-0.25, -0.2) is 0 Å². The quantitative estimate of drug-likeness (QED) is 0.622. The first-order valence-electron chi connectivity index (χ1n) is 0. The zero-order valence-corrected chi connectivity index (χ0v) is 8.74. The van der Waals surface area contributed by atoms with Crippen LogP contribution in [0, 0.1) is 0 Å². The Morgan fingerprint density at radius 1 is 0.500 bits per heavy atom. The van der Waals surface area contributed by atoms with E-state index in [1.807, 2.05) is 0 Å². The monoisotopic (exact) mass is 346 g/mol. The van der Waals surface area contributed by atoms with Gasteiger partial charge in [-0.2, -0.15) is 0 Å². The molecule has 0 aromatic rings. The van der Waals surface area contributed by atoms with Gasteiger partial charge in [-0.1, -0.05) is 0 Å². The number of hydrogen-bond donors (Lipinski definition) is 0. The molecule has 0 rings (SSSR count). The molecule has 0 heterocycles. The molecule has 0 amide bonds. The molecule has 0 saturated heterocycles. The molecule has 2 N–H and O–H groups in total. The first kappa shape index (κ1) is 111. The van der Waals surface area contributed by atoms with Crippen molar-refractivity contribution in [1.29, 1.82) is 0 Å². The summed E-state index contributed by atoms with van der Waals surface area (Å²) in [5.74, 6) is 0. The van der Waals surface area contributed by atoms with Gasteiger partial charge in [0.25, 0.3) is 0 Å². The van der Waals surface area contributed by atoms with Crippen molar-refractivity contribution in [2.75, 3.05) is 0 Å². The second-order valence-electron chi connectivity index (χ2n) is 0. The van der Waals surface area contributed by atoms with E-state index >= 15 is 0 Å². The SMILES string of the molecule is Cl.Cl.Cl.Cl.O.[W]. The van der Waals surface area contributed by atoms with Crippen molar-refractivity contribution in [3.05, 3.63) is 0 Å². The molecule has 1 nitrogen and oxygen atoms in total. The summed E-state index contributed by atoms with van der Waals surface area (Å²) in [6.07, 6.45) is 0. The fourth-order valence-electron chi connectivity index (χ4n) is 0. The van der Waals surface area contributed by atoms with Gasteiger partial charge in [0.2, 0.25) is 0 Å². The topological polar surface area (TPSA) is 31.5 Å². The molecule has 46 valence electrons. The molecule has 0 aromatic heterocycles. The summed E-state index contributed by atoms with van der Waals surface area (Å²) in [6.45, 7) is 0. The van der Waals surface area contributed by atoms with Crippen molar-refractivity contribution in [3.63, 3.8) is 0 Å². The first-order chi connectivity index (χ1) is 0. The third-order valence-corrected chi connectivity index (χ3v) is 0. The number of rotatable bonds is 0. The maximum absolute atomic E-state index is 0. The van der Waals surface area contributed by atoms with E-state index in [0.717, 1.165) is 0 Å². The van der Waals surface area contributed by atoms with E-state index in [1.54, 1.807) is 0 Å². The van der Waals surface area contributed by atoms with E-state index in [1.165, 1.54) is 0 Å². The molecular weight excluding hydrogens is 342 g/mol. The standard InChI is InChI=1S/4ClH.H2O.W/h4*1H;1H2;. The Hall–Kier alpha value is 1.81. The summed E-state index contributed by atoms with van der Waals surface area (Å²) < 4.78 is 0. The maximum atomic E-state index is 0. The van der Waals surface area contributed by atoms with Gasteiger partial charge in [0, 0.05) is 21.1 Å². The molecule has 0 aliphatic rings. The normalized spacial score (nSPS) is 0. The molecule has 0 spiro atoms. The Kier molecular flexibility index (Phi) is 1300. The zero-order chi connectivity index (χ0) is 0. The van der Waals surface area contributed by atoms with Crippen molar-refractivity contribution in [1.82, 2.24) is 0 Å². The molecule has 0 aliphatic heterocycles. The van der Waals surface area contributed by atoms with E-state index < -0.39 is 0 Å². The van der Waals surface area contributed by atoms with Gasteiger partial charge in [-0.15, -0.1) is 49.6 Å². The molecule has 0 radical (unpaired) electrons. The predicted octanol–water partition coefficient (Wildman–Crippen LogP) is 0.860. The summed E-state index contributed by atoms with van der Waals surface area (Å²) in [4.78, 5) is 0. The average molecular weight is 348 g/mol. The Morgan fingerprint density at radius 2 is 0.500 bits per heavy atom. The van der Waals surface area contributed by atoms with Crippen molar-refractivity contribution < 1.29 is 26.5 Å². The van der Waals surface area contributed by atoms with Crippen molar-refractivity contribution >= 4 is 49.6 Å². The third-order valence-electron chi connectivity index (χ3n) is 0. The minimum Gasteiger partial charge on any atom is -0.412 e. The smallest absolute Gasteiger partial charge is 0 e. The predicted molar refractivity (Wildman–Crippen MR) is 32.6 cm³/mol. The van der Waals surface area contributed by atoms with Crippen LogP contribution in [0.2, 0.25) is 0 Å². The van der Waals surface area contributed by atoms with Crippen LogP contribution in [-0.2, 0) is 21.1 Å². The molecule has 0 saturated carbocycles. The van der Waals surface area contributed by atoms with Crippen molar-refractivity contribution in [3.8, 4) is 0 Å². The van der Waals surface area contributed by atoms with Crippen molar-refractivity contribution in [2.45, 2.75) is 0 Å². The van der Waals surface area contributed by atoms with Crippen LogP contribution in [0.15, 0.2) is 0 Å². The van der Waals surface area contributed by atoms with Gasteiger partial charge >= 0.3 is 0 Å². The Labute approximate surface area is 75.8 Å². The van der Waals surface area contributed by atoms with Gasteiger partial charge in [-0.3, -0.25) is 0 Å². The van der Waals surface area contributed by atoms with Crippen LogP contribution >= 0.6 is 49.6 Å². The Balaban J connectivity index is 0. The molecule has 0 aromatic carbocycles. The molecule has 0 aliphatic carbocycles. The molecule has 6 heavy (non-hydrogen) atoms. The first-order valence-corrected chi connectivity index (χ1v) is 0. The van der Waals surface area contributed by atoms with Gasteiger partial charge in [0.15, 0.2) is 0 Å². The molecule has 6 heteroatoms. The van der Waals surface area contributed by atoms with Crippen LogP contribution in [0.1, 0.15) is 0 Å².